The normalized spacial score (nSPS) is 14.2. The lowest BCUT2D eigenvalue weighted by Gasteiger charge is -2.31. The lowest BCUT2D eigenvalue weighted by molar-refractivity contribution is -0.159. The Morgan fingerprint density at radius 2 is 1.62 bits per heavy atom. The number of carboxylic acids is 2. The molecule has 0 saturated carbocycles. The zero-order valence-corrected chi connectivity index (χ0v) is 18.2. The summed E-state index contributed by atoms with van der Waals surface area (Å²) >= 11 is 6.10. The molecule has 0 radical (unpaired) electrons. The predicted octanol–water partition coefficient (Wildman–Crippen LogP) is 3.21. The Bertz CT molecular complexity index is 886. The lowest BCUT2D eigenvalue weighted by Crippen LogP contribution is -2.40. The van der Waals surface area contributed by atoms with Crippen LogP contribution in [0.25, 0.3) is 0 Å². The molecule has 2 aromatic carbocycles. The summed E-state index contributed by atoms with van der Waals surface area (Å²) in [6.07, 6.45) is 2.43. The van der Waals surface area contributed by atoms with Gasteiger partial charge in [-0.2, -0.15) is 0 Å². The number of carboxylic acid groups (broad SMARTS) is 2. The molecular weight excluding hydrogens is 439 g/mol. The van der Waals surface area contributed by atoms with Crippen molar-refractivity contribution >= 4 is 29.4 Å². The number of rotatable bonds is 6. The third-order valence-electron chi connectivity index (χ3n) is 5.14. The molecule has 0 aliphatic carbocycles. The van der Waals surface area contributed by atoms with Crippen molar-refractivity contribution in [1.82, 2.24) is 10.2 Å². The molecule has 1 aliphatic heterocycles. The van der Waals surface area contributed by atoms with Gasteiger partial charge in [-0.05, 0) is 50.0 Å². The van der Waals surface area contributed by atoms with Gasteiger partial charge in [0.2, 0.25) is 5.91 Å². The Labute approximate surface area is 190 Å². The maximum atomic E-state index is 13.9. The molecule has 1 amide bonds. The molecule has 0 atom stereocenters. The molecule has 9 heteroatoms. The molecule has 32 heavy (non-hydrogen) atoms. The molecule has 1 fully saturated rings. The smallest absolute Gasteiger partial charge is 0.414 e. The van der Waals surface area contributed by atoms with Crippen LogP contribution in [0, 0.1) is 11.7 Å². The van der Waals surface area contributed by atoms with Crippen LogP contribution in [0.3, 0.4) is 0 Å². The van der Waals surface area contributed by atoms with E-state index in [-0.39, 0.29) is 17.6 Å². The quantitative estimate of drug-likeness (QED) is 0.567. The van der Waals surface area contributed by atoms with Gasteiger partial charge in [0.25, 0.3) is 0 Å². The minimum atomic E-state index is -1.82. The number of carbonyl (C=O) groups excluding carboxylic acids is 1. The maximum Gasteiger partial charge on any atom is 0.414 e. The predicted molar refractivity (Wildman–Crippen MR) is 118 cm³/mol. The number of aliphatic carboxylic acids is 2. The Morgan fingerprint density at radius 3 is 2.19 bits per heavy atom. The zero-order chi connectivity index (χ0) is 23.5. The monoisotopic (exact) mass is 464 g/mol. The van der Waals surface area contributed by atoms with Crippen LogP contribution in [0.2, 0.25) is 5.02 Å². The molecule has 0 aromatic heterocycles. The summed E-state index contributed by atoms with van der Waals surface area (Å²) in [6, 6.07) is 14.9. The molecule has 3 N–H and O–H groups in total. The second kappa shape index (κ2) is 12.8. The minimum Gasteiger partial charge on any atom is -0.473 e. The number of hydrogen-bond donors (Lipinski definition) is 3. The van der Waals surface area contributed by atoms with Crippen molar-refractivity contribution in [2.45, 2.75) is 25.8 Å². The fourth-order valence-electron chi connectivity index (χ4n) is 3.38. The SMILES string of the molecule is O=C(NCCc1ccccc1)C1CCN(Cc2c(F)cccc2Cl)CC1.O=C(O)C(=O)O. The van der Waals surface area contributed by atoms with Gasteiger partial charge in [0, 0.05) is 29.6 Å². The van der Waals surface area contributed by atoms with Crippen LogP contribution < -0.4 is 5.32 Å². The second-order valence-electron chi connectivity index (χ2n) is 7.39. The van der Waals surface area contributed by atoms with E-state index in [9.17, 15) is 9.18 Å². The highest BCUT2D eigenvalue weighted by atomic mass is 35.5. The molecule has 1 saturated heterocycles. The van der Waals surface area contributed by atoms with E-state index >= 15 is 0 Å². The number of likely N-dealkylation sites (tertiary alicyclic amines) is 1. The van der Waals surface area contributed by atoms with Crippen molar-refractivity contribution < 1.29 is 29.0 Å². The largest absolute Gasteiger partial charge is 0.473 e. The summed E-state index contributed by atoms with van der Waals surface area (Å²) in [6.45, 7) is 2.71. The summed E-state index contributed by atoms with van der Waals surface area (Å²) in [4.78, 5) is 32.7. The zero-order valence-electron chi connectivity index (χ0n) is 17.5. The van der Waals surface area contributed by atoms with Crippen molar-refractivity contribution in [3.63, 3.8) is 0 Å². The van der Waals surface area contributed by atoms with Gasteiger partial charge in [-0.3, -0.25) is 9.69 Å². The summed E-state index contributed by atoms with van der Waals surface area (Å²) < 4.78 is 13.9. The second-order valence-corrected chi connectivity index (χ2v) is 7.79. The van der Waals surface area contributed by atoms with Crippen molar-refractivity contribution in [2.24, 2.45) is 5.92 Å². The van der Waals surface area contributed by atoms with Crippen molar-refractivity contribution in [2.75, 3.05) is 19.6 Å². The summed E-state index contributed by atoms with van der Waals surface area (Å²) in [7, 11) is 0. The number of carbonyl (C=O) groups is 3. The van der Waals surface area contributed by atoms with Crippen LogP contribution >= 0.6 is 11.6 Å². The lowest BCUT2D eigenvalue weighted by atomic mass is 9.95. The fraction of sp³-hybridized carbons (Fsp3) is 0.348. The van der Waals surface area contributed by atoms with Crippen LogP contribution in [-0.4, -0.2) is 52.6 Å². The number of nitrogens with one attached hydrogen (secondary N) is 1. The molecule has 0 bridgehead atoms. The first-order valence-electron chi connectivity index (χ1n) is 10.2. The van der Waals surface area contributed by atoms with E-state index in [0.717, 1.165) is 32.4 Å². The van der Waals surface area contributed by atoms with E-state index in [2.05, 4.69) is 22.3 Å². The average Bonchev–Trinajstić information content (AvgIpc) is 2.78. The van der Waals surface area contributed by atoms with Crippen LogP contribution in [0.4, 0.5) is 4.39 Å². The Balaban J connectivity index is 0.000000534. The van der Waals surface area contributed by atoms with E-state index in [0.29, 0.717) is 23.7 Å². The third kappa shape index (κ3) is 8.28. The van der Waals surface area contributed by atoms with E-state index in [1.807, 2.05) is 18.2 Å². The van der Waals surface area contributed by atoms with Gasteiger partial charge in [-0.15, -0.1) is 0 Å². The highest BCUT2D eigenvalue weighted by Crippen LogP contribution is 2.24. The van der Waals surface area contributed by atoms with Gasteiger partial charge in [0.15, 0.2) is 0 Å². The molecule has 172 valence electrons. The van der Waals surface area contributed by atoms with Crippen molar-refractivity contribution in [3.8, 4) is 0 Å². The molecule has 1 aliphatic rings. The first kappa shape index (κ1) is 25.3. The van der Waals surface area contributed by atoms with Crippen LogP contribution in [0.5, 0.6) is 0 Å². The Kier molecular flexibility index (Phi) is 10.1. The average molecular weight is 465 g/mol. The van der Waals surface area contributed by atoms with Crippen LogP contribution in [-0.2, 0) is 27.3 Å². The molecule has 1 heterocycles. The number of hydrogen-bond acceptors (Lipinski definition) is 4. The molecule has 2 aromatic rings. The van der Waals surface area contributed by atoms with E-state index in [4.69, 9.17) is 31.4 Å². The van der Waals surface area contributed by atoms with Crippen molar-refractivity contribution in [1.29, 1.82) is 0 Å². The van der Waals surface area contributed by atoms with Crippen LogP contribution in [0.1, 0.15) is 24.0 Å². The number of halogens is 2. The summed E-state index contributed by atoms with van der Waals surface area (Å²) in [5.74, 6) is -3.74. The van der Waals surface area contributed by atoms with Gasteiger partial charge in [0.05, 0.1) is 0 Å². The van der Waals surface area contributed by atoms with E-state index in [1.165, 1.54) is 11.6 Å². The standard InChI is InChI=1S/C21H24ClFN2O.C2H2O4/c22-19-7-4-8-20(23)18(19)15-25-13-10-17(11-14-25)21(26)24-12-9-16-5-2-1-3-6-16;3-1(4)2(5)6/h1-8,17H,9-15H2,(H,24,26);(H,3,4)(H,5,6). The molecule has 0 spiro atoms. The maximum absolute atomic E-state index is 13.9. The van der Waals surface area contributed by atoms with Gasteiger partial charge >= 0.3 is 11.9 Å². The molecule has 7 nitrogen and oxygen atoms in total. The van der Waals surface area contributed by atoms with Crippen molar-refractivity contribution in [3.05, 3.63) is 70.5 Å². The summed E-state index contributed by atoms with van der Waals surface area (Å²) in [5.41, 5.74) is 1.77. The van der Waals surface area contributed by atoms with E-state index < -0.39 is 11.9 Å². The van der Waals surface area contributed by atoms with Gasteiger partial charge < -0.3 is 15.5 Å². The van der Waals surface area contributed by atoms with Gasteiger partial charge in [-0.25, -0.2) is 14.0 Å². The van der Waals surface area contributed by atoms with Crippen LogP contribution in [0.15, 0.2) is 48.5 Å². The van der Waals surface area contributed by atoms with Gasteiger partial charge in [0.1, 0.15) is 5.82 Å². The Hall–Kier alpha value is -2.97. The first-order valence-corrected chi connectivity index (χ1v) is 10.6. The molecule has 3 rings (SSSR count). The number of benzene rings is 2. The van der Waals surface area contributed by atoms with E-state index in [1.54, 1.807) is 12.1 Å². The fourth-order valence-corrected chi connectivity index (χ4v) is 3.60. The Morgan fingerprint density at radius 1 is 1.00 bits per heavy atom. The summed E-state index contributed by atoms with van der Waals surface area (Å²) in [5, 5.41) is 18.3. The van der Waals surface area contributed by atoms with Gasteiger partial charge in [-0.1, -0.05) is 48.0 Å². The molecule has 0 unspecified atom stereocenters. The number of nitrogens with zero attached hydrogens (tertiary/aromatic N) is 1. The number of amides is 1. The topological polar surface area (TPSA) is 107 Å². The third-order valence-corrected chi connectivity index (χ3v) is 5.49. The minimum absolute atomic E-state index is 0.0399. The molecular formula is C23H26ClFN2O5. The first-order chi connectivity index (χ1) is 15.3. The highest BCUT2D eigenvalue weighted by molar-refractivity contribution is 6.31. The number of piperidine rings is 1. The highest BCUT2D eigenvalue weighted by Gasteiger charge is 2.25.